The van der Waals surface area contributed by atoms with E-state index in [0.29, 0.717) is 0 Å². The number of nitrogens with one attached hydrogen (secondary N) is 2. The monoisotopic (exact) mass is 310 g/mol. The van der Waals surface area contributed by atoms with Crippen molar-refractivity contribution in [3.63, 3.8) is 0 Å². The molecule has 0 bridgehead atoms. The van der Waals surface area contributed by atoms with Crippen LogP contribution in [0.15, 0.2) is 0 Å². The Hall–Kier alpha value is -1.28. The van der Waals surface area contributed by atoms with E-state index in [1.54, 1.807) is 18.7 Å². The van der Waals surface area contributed by atoms with Gasteiger partial charge in [0.2, 0.25) is 5.91 Å². The number of ether oxygens (including phenoxy) is 1. The van der Waals surface area contributed by atoms with Crippen molar-refractivity contribution in [1.29, 1.82) is 10.5 Å². The smallest absolute Gasteiger partial charge is 0.236 e. The molecule has 0 aromatic rings. The second-order valence-corrected chi connectivity index (χ2v) is 6.50. The largest absolute Gasteiger partial charge is 0.767 e. The van der Waals surface area contributed by atoms with Gasteiger partial charge in [-0.05, 0) is 0 Å². The normalized spacial score (nSPS) is 31.9. The first-order chi connectivity index (χ1) is 9.84. The highest BCUT2D eigenvalue weighted by Crippen LogP contribution is 2.39. The molecular weight excluding hydrogens is 288 g/mol. The lowest BCUT2D eigenvalue weighted by atomic mass is 9.67. The number of hydrogen-bond donors (Lipinski definition) is 2. The minimum Gasteiger partial charge on any atom is -0.767 e. The molecule has 0 aliphatic carbocycles. The maximum atomic E-state index is 11.4. The van der Waals surface area contributed by atoms with E-state index in [0.717, 1.165) is 13.2 Å². The Bertz CT molecular complexity index is 449. The molecule has 116 valence electrons. The summed E-state index contributed by atoms with van der Waals surface area (Å²) >= 11 is 4.97. The Morgan fingerprint density at radius 2 is 1.90 bits per heavy atom. The first kappa shape index (κ1) is 17.8. The third kappa shape index (κ3) is 4.34. The number of piperidine rings is 1. The van der Waals surface area contributed by atoms with Gasteiger partial charge in [0.1, 0.15) is 19.0 Å². The standard InChI is InChI=1S/C9H11N3OS.C5H11NO/c1-9(2)5(3-10)7(13)12-8(14)6(9)4-11;1-6-2-4-7-5-3-6/h5-6,8,14H,1-2H3,(H,12,13);2-5H2,1H3. The number of hydrogen-bond acceptors (Lipinski definition) is 5. The van der Waals surface area contributed by atoms with Gasteiger partial charge in [-0.15, -0.1) is 0 Å². The Morgan fingerprint density at radius 1 is 1.33 bits per heavy atom. The van der Waals surface area contributed by atoms with Crippen molar-refractivity contribution in [1.82, 2.24) is 5.32 Å². The Morgan fingerprint density at radius 3 is 2.29 bits per heavy atom. The van der Waals surface area contributed by atoms with Gasteiger partial charge in [0.25, 0.3) is 0 Å². The molecule has 21 heavy (non-hydrogen) atoms. The number of amides is 1. The van der Waals surface area contributed by atoms with Crippen LogP contribution >= 0.6 is 0 Å². The van der Waals surface area contributed by atoms with Gasteiger partial charge in [-0.25, -0.2) is 0 Å². The minimum absolute atomic E-state index is 0.371. The van der Waals surface area contributed by atoms with E-state index in [2.05, 4.69) is 18.4 Å². The van der Waals surface area contributed by atoms with Gasteiger partial charge in [0, 0.05) is 5.41 Å². The molecule has 2 aliphatic rings. The average Bonchev–Trinajstić information content (AvgIpc) is 2.39. The van der Waals surface area contributed by atoms with Crippen molar-refractivity contribution in [3.05, 3.63) is 0 Å². The Kier molecular flexibility index (Phi) is 6.47. The average molecular weight is 310 g/mol. The van der Waals surface area contributed by atoms with E-state index < -0.39 is 22.6 Å². The summed E-state index contributed by atoms with van der Waals surface area (Å²) in [5.74, 6) is -1.67. The van der Waals surface area contributed by atoms with Crippen molar-refractivity contribution in [2.45, 2.75) is 19.2 Å². The predicted molar refractivity (Wildman–Crippen MR) is 78.7 cm³/mol. The van der Waals surface area contributed by atoms with Crippen LogP contribution in [0.3, 0.4) is 0 Å². The third-order valence-corrected chi connectivity index (χ3v) is 4.40. The molecule has 3 atom stereocenters. The van der Waals surface area contributed by atoms with E-state index in [-0.39, 0.29) is 5.91 Å². The van der Waals surface area contributed by atoms with Gasteiger partial charge in [-0.2, -0.15) is 10.5 Å². The van der Waals surface area contributed by atoms with Crippen molar-refractivity contribution in [2.24, 2.45) is 17.3 Å². The van der Waals surface area contributed by atoms with Crippen LogP contribution in [0.5, 0.6) is 0 Å². The van der Waals surface area contributed by atoms with Crippen molar-refractivity contribution < 1.29 is 14.4 Å². The van der Waals surface area contributed by atoms with Crippen LogP contribution in [0.25, 0.3) is 0 Å². The topological polar surface area (TPSA) is 90.4 Å². The van der Waals surface area contributed by atoms with Crippen LogP contribution in [0.1, 0.15) is 13.8 Å². The molecular formula is C14H22N4O2S. The summed E-state index contributed by atoms with van der Waals surface area (Å²) < 4.78 is 5.12. The van der Waals surface area contributed by atoms with E-state index in [9.17, 15) is 4.79 Å². The summed E-state index contributed by atoms with van der Waals surface area (Å²) in [5, 5.41) is 19.6. The zero-order valence-corrected chi connectivity index (χ0v) is 13.5. The van der Waals surface area contributed by atoms with Crippen molar-refractivity contribution in [2.75, 3.05) is 33.4 Å². The lowest BCUT2D eigenvalue weighted by molar-refractivity contribution is -0.888. The zero-order valence-electron chi connectivity index (χ0n) is 12.7. The molecule has 2 heterocycles. The summed E-state index contributed by atoms with van der Waals surface area (Å²) in [6.45, 7) is 7.72. The molecule has 2 saturated heterocycles. The first-order valence-corrected chi connectivity index (χ1v) is 7.46. The molecule has 0 aromatic carbocycles. The summed E-state index contributed by atoms with van der Waals surface area (Å²) in [5.41, 5.74) is -0.682. The lowest BCUT2D eigenvalue weighted by Gasteiger charge is -2.46. The van der Waals surface area contributed by atoms with Crippen LogP contribution in [0.2, 0.25) is 0 Å². The van der Waals surface area contributed by atoms with Crippen molar-refractivity contribution >= 4 is 18.5 Å². The molecule has 2 N–H and O–H groups in total. The van der Waals surface area contributed by atoms with Crippen LogP contribution in [-0.4, -0.2) is 44.6 Å². The molecule has 1 amide bonds. The number of nitrogens with zero attached hydrogens (tertiary/aromatic N) is 2. The van der Waals surface area contributed by atoms with Gasteiger partial charge in [-0.1, -0.05) is 19.2 Å². The highest BCUT2D eigenvalue weighted by Gasteiger charge is 2.46. The highest BCUT2D eigenvalue weighted by molar-refractivity contribution is 7.59. The molecule has 2 rings (SSSR count). The van der Waals surface area contributed by atoms with Gasteiger partial charge < -0.3 is 27.6 Å². The number of carbonyl (C=O) groups excluding carboxylic acids is 1. The van der Waals surface area contributed by atoms with Crippen molar-refractivity contribution in [3.8, 4) is 12.1 Å². The van der Waals surface area contributed by atoms with Gasteiger partial charge in [0.05, 0.1) is 38.3 Å². The zero-order chi connectivity index (χ0) is 16.0. The fraction of sp³-hybridized carbons (Fsp3) is 0.786. The molecule has 6 nitrogen and oxygen atoms in total. The second-order valence-electron chi connectivity index (χ2n) is 5.99. The van der Waals surface area contributed by atoms with E-state index in [1.807, 2.05) is 6.07 Å². The highest BCUT2D eigenvalue weighted by atomic mass is 32.1. The van der Waals surface area contributed by atoms with Gasteiger partial charge in [0.15, 0.2) is 0 Å². The Labute approximate surface area is 131 Å². The van der Waals surface area contributed by atoms with Gasteiger partial charge >= 0.3 is 0 Å². The summed E-state index contributed by atoms with van der Waals surface area (Å²) in [6.07, 6.45) is 0. The number of nitriles is 2. The number of quaternary nitrogens is 1. The minimum atomic E-state index is -0.800. The van der Waals surface area contributed by atoms with Crippen LogP contribution < -0.4 is 10.2 Å². The van der Waals surface area contributed by atoms with E-state index in [4.69, 9.17) is 27.9 Å². The molecule has 0 aromatic heterocycles. The third-order valence-electron chi connectivity index (χ3n) is 4.01. The Balaban J connectivity index is 0.000000262. The molecule has 2 aliphatic heterocycles. The molecule has 3 unspecified atom stereocenters. The van der Waals surface area contributed by atoms with Gasteiger partial charge in [-0.3, -0.25) is 4.79 Å². The number of likely N-dealkylation sites (N-methyl/N-ethyl adjacent to an activating group) is 1. The molecule has 0 radical (unpaired) electrons. The van der Waals surface area contributed by atoms with E-state index in [1.165, 1.54) is 13.1 Å². The van der Waals surface area contributed by atoms with Crippen LogP contribution in [0.4, 0.5) is 0 Å². The maximum absolute atomic E-state index is 11.4. The summed E-state index contributed by atoms with van der Waals surface area (Å²) in [4.78, 5) is 13.0. The fourth-order valence-corrected chi connectivity index (χ4v) is 2.92. The summed E-state index contributed by atoms with van der Waals surface area (Å²) in [7, 11) is 2.20. The van der Waals surface area contributed by atoms with E-state index >= 15 is 0 Å². The molecule has 0 saturated carbocycles. The number of morpholine rings is 1. The predicted octanol–water partition coefficient (Wildman–Crippen LogP) is -1.17. The molecule has 7 heteroatoms. The molecule has 0 spiro atoms. The number of rotatable bonds is 0. The molecule has 2 fully saturated rings. The second kappa shape index (κ2) is 7.65. The van der Waals surface area contributed by atoms with Crippen LogP contribution in [-0.2, 0) is 22.2 Å². The lowest BCUT2D eigenvalue weighted by Crippen LogP contribution is -3.11. The SMILES string of the molecule is CC1(C)C(C#N)C(=O)NC([S-])C1C#N.C[NH+]1CCOCC1. The number of carbonyl (C=O) groups is 1. The maximum Gasteiger partial charge on any atom is 0.236 e. The first-order valence-electron chi connectivity index (χ1n) is 6.99. The quantitative estimate of drug-likeness (QED) is 0.550. The summed E-state index contributed by atoms with van der Waals surface area (Å²) in [6, 6.07) is 3.98. The van der Waals surface area contributed by atoms with Crippen LogP contribution in [0, 0.1) is 39.9 Å². The fourth-order valence-electron chi connectivity index (χ4n) is 2.39.